The van der Waals surface area contributed by atoms with E-state index in [1.54, 1.807) is 6.07 Å². The summed E-state index contributed by atoms with van der Waals surface area (Å²) in [6.45, 7) is 5.22. The van der Waals surface area contributed by atoms with Gasteiger partial charge in [-0.15, -0.1) is 24.0 Å². The largest absolute Gasteiger partial charge is 0.357 e. The maximum Gasteiger partial charge on any atom is 0.227 e. The van der Waals surface area contributed by atoms with Crippen LogP contribution in [0.2, 0.25) is 0 Å². The van der Waals surface area contributed by atoms with E-state index in [0.717, 1.165) is 18.2 Å². The molecule has 1 heterocycles. The van der Waals surface area contributed by atoms with Crippen molar-refractivity contribution in [1.29, 1.82) is 0 Å². The van der Waals surface area contributed by atoms with E-state index in [4.69, 9.17) is 0 Å². The second kappa shape index (κ2) is 11.2. The Morgan fingerprint density at radius 3 is 2.75 bits per heavy atom. The highest BCUT2D eigenvalue weighted by atomic mass is 127. The van der Waals surface area contributed by atoms with Crippen LogP contribution >= 0.6 is 24.0 Å². The molecule has 134 valence electrons. The van der Waals surface area contributed by atoms with E-state index in [1.807, 2.05) is 26.0 Å². The van der Waals surface area contributed by atoms with Crippen LogP contribution < -0.4 is 16.0 Å². The molecule has 7 heteroatoms. The molecule has 1 amide bonds. The molecule has 24 heavy (non-hydrogen) atoms. The van der Waals surface area contributed by atoms with Gasteiger partial charge in [-0.2, -0.15) is 0 Å². The minimum absolute atomic E-state index is 0. The summed E-state index contributed by atoms with van der Waals surface area (Å²) < 4.78 is 0. The van der Waals surface area contributed by atoms with Crippen LogP contribution in [0.3, 0.4) is 0 Å². The SMILES string of the molecule is CCNC(=NCCC(=O)Nc1cccc(C)n1)NC1CCCC1.I. The Hall–Kier alpha value is -1.38. The number of aliphatic imine (C=N–C) groups is 1. The van der Waals surface area contributed by atoms with Gasteiger partial charge in [-0.05, 0) is 38.8 Å². The molecule has 0 spiro atoms. The molecule has 3 N–H and O–H groups in total. The number of carbonyl (C=O) groups is 1. The summed E-state index contributed by atoms with van der Waals surface area (Å²) in [5, 5.41) is 9.48. The Balaban J connectivity index is 0.00000288. The maximum absolute atomic E-state index is 11.9. The lowest BCUT2D eigenvalue weighted by atomic mass is 10.2. The molecule has 0 saturated heterocycles. The van der Waals surface area contributed by atoms with Gasteiger partial charge in [-0.25, -0.2) is 4.98 Å². The predicted molar refractivity (Wildman–Crippen MR) is 109 cm³/mol. The number of anilines is 1. The van der Waals surface area contributed by atoms with Gasteiger partial charge in [0.25, 0.3) is 0 Å². The number of pyridine rings is 1. The topological polar surface area (TPSA) is 78.4 Å². The van der Waals surface area contributed by atoms with Crippen LogP contribution in [0, 0.1) is 6.92 Å². The first kappa shape index (κ1) is 20.7. The van der Waals surface area contributed by atoms with Crippen LogP contribution in [0.15, 0.2) is 23.2 Å². The average molecular weight is 445 g/mol. The van der Waals surface area contributed by atoms with Crippen LogP contribution in [0.4, 0.5) is 5.82 Å². The van der Waals surface area contributed by atoms with Crippen molar-refractivity contribution in [2.75, 3.05) is 18.4 Å². The quantitative estimate of drug-likeness (QED) is 0.358. The Bertz CT molecular complexity index is 544. The van der Waals surface area contributed by atoms with Gasteiger partial charge in [0.2, 0.25) is 5.91 Å². The smallest absolute Gasteiger partial charge is 0.227 e. The molecular weight excluding hydrogens is 417 g/mol. The van der Waals surface area contributed by atoms with Crippen LogP contribution in [0.25, 0.3) is 0 Å². The lowest BCUT2D eigenvalue weighted by Crippen LogP contribution is -2.42. The molecule has 6 nitrogen and oxygen atoms in total. The van der Waals surface area contributed by atoms with Gasteiger partial charge >= 0.3 is 0 Å². The molecule has 1 aliphatic rings. The van der Waals surface area contributed by atoms with E-state index >= 15 is 0 Å². The van der Waals surface area contributed by atoms with Gasteiger partial charge < -0.3 is 16.0 Å². The fourth-order valence-corrected chi connectivity index (χ4v) is 2.67. The first-order valence-electron chi connectivity index (χ1n) is 8.45. The first-order valence-corrected chi connectivity index (χ1v) is 8.45. The summed E-state index contributed by atoms with van der Waals surface area (Å²) in [4.78, 5) is 20.7. The highest BCUT2D eigenvalue weighted by Crippen LogP contribution is 2.17. The molecule has 0 bridgehead atoms. The number of rotatable bonds is 6. The standard InChI is InChI=1S/C17H27N5O.HI/c1-3-18-17(21-14-8-4-5-9-14)19-12-11-16(23)22-15-10-6-7-13(2)20-15;/h6-7,10,14H,3-5,8-9,11-12H2,1-2H3,(H2,18,19,21)(H,20,22,23);1H. The Morgan fingerprint density at radius 2 is 2.08 bits per heavy atom. The molecule has 1 aromatic rings. The fraction of sp³-hybridized carbons (Fsp3) is 0.588. The zero-order valence-corrected chi connectivity index (χ0v) is 16.8. The van der Waals surface area contributed by atoms with Gasteiger partial charge in [-0.3, -0.25) is 9.79 Å². The van der Waals surface area contributed by atoms with Crippen LogP contribution in [-0.2, 0) is 4.79 Å². The van der Waals surface area contributed by atoms with Crippen LogP contribution in [0.5, 0.6) is 0 Å². The third kappa shape index (κ3) is 7.46. The molecule has 1 fully saturated rings. The molecule has 1 aromatic heterocycles. The van der Waals surface area contributed by atoms with Crippen molar-refractivity contribution < 1.29 is 4.79 Å². The number of amides is 1. The number of carbonyl (C=O) groups excluding carboxylic acids is 1. The number of hydrogen-bond donors (Lipinski definition) is 3. The van der Waals surface area contributed by atoms with Gasteiger partial charge in [0, 0.05) is 24.7 Å². The van der Waals surface area contributed by atoms with Crippen molar-refractivity contribution in [3.05, 3.63) is 23.9 Å². The molecule has 0 radical (unpaired) electrons. The van der Waals surface area contributed by atoms with Crippen LogP contribution in [0.1, 0.15) is 44.7 Å². The van der Waals surface area contributed by atoms with Crippen molar-refractivity contribution in [2.45, 2.75) is 52.0 Å². The van der Waals surface area contributed by atoms with Gasteiger partial charge in [0.1, 0.15) is 5.82 Å². The van der Waals surface area contributed by atoms with Crippen molar-refractivity contribution in [1.82, 2.24) is 15.6 Å². The second-order valence-electron chi connectivity index (χ2n) is 5.85. The second-order valence-corrected chi connectivity index (χ2v) is 5.85. The number of nitrogens with one attached hydrogen (secondary N) is 3. The molecule has 1 saturated carbocycles. The fourth-order valence-electron chi connectivity index (χ4n) is 2.67. The van der Waals surface area contributed by atoms with E-state index < -0.39 is 0 Å². The summed E-state index contributed by atoms with van der Waals surface area (Å²) >= 11 is 0. The van der Waals surface area contributed by atoms with Crippen molar-refractivity contribution >= 4 is 41.7 Å². The van der Waals surface area contributed by atoms with Crippen molar-refractivity contribution in [3.8, 4) is 0 Å². The van der Waals surface area contributed by atoms with Gasteiger partial charge in [0.15, 0.2) is 5.96 Å². The molecule has 0 aliphatic heterocycles. The number of aryl methyl sites for hydroxylation is 1. The summed E-state index contributed by atoms with van der Waals surface area (Å²) in [6.07, 6.45) is 5.30. The molecule has 0 aromatic carbocycles. The highest BCUT2D eigenvalue weighted by molar-refractivity contribution is 14.0. The van der Waals surface area contributed by atoms with E-state index in [2.05, 4.69) is 25.9 Å². The third-order valence-electron chi connectivity index (χ3n) is 3.80. The summed E-state index contributed by atoms with van der Waals surface area (Å²) in [6, 6.07) is 6.08. The van der Waals surface area contributed by atoms with Crippen molar-refractivity contribution in [2.24, 2.45) is 4.99 Å². The monoisotopic (exact) mass is 445 g/mol. The molecular formula is C17H28IN5O. The maximum atomic E-state index is 11.9. The zero-order chi connectivity index (χ0) is 16.5. The van der Waals surface area contributed by atoms with Crippen molar-refractivity contribution in [3.63, 3.8) is 0 Å². The van der Waals surface area contributed by atoms with E-state index in [-0.39, 0.29) is 29.9 Å². The van der Waals surface area contributed by atoms with E-state index in [0.29, 0.717) is 24.8 Å². The lowest BCUT2D eigenvalue weighted by Gasteiger charge is -2.16. The number of halogens is 1. The minimum atomic E-state index is -0.0661. The third-order valence-corrected chi connectivity index (χ3v) is 3.80. The number of nitrogens with zero attached hydrogens (tertiary/aromatic N) is 2. The van der Waals surface area contributed by atoms with E-state index in [1.165, 1.54) is 25.7 Å². The lowest BCUT2D eigenvalue weighted by molar-refractivity contribution is -0.116. The summed E-state index contributed by atoms with van der Waals surface area (Å²) in [5.41, 5.74) is 0.885. The number of guanidine groups is 1. The molecule has 1 aliphatic carbocycles. The predicted octanol–water partition coefficient (Wildman–Crippen LogP) is 2.83. The Labute approximate surface area is 161 Å². The Kier molecular flexibility index (Phi) is 9.66. The number of hydrogen-bond acceptors (Lipinski definition) is 3. The number of aromatic nitrogens is 1. The first-order chi connectivity index (χ1) is 11.2. The minimum Gasteiger partial charge on any atom is -0.357 e. The molecule has 2 rings (SSSR count). The van der Waals surface area contributed by atoms with E-state index in [9.17, 15) is 4.79 Å². The Morgan fingerprint density at radius 1 is 1.33 bits per heavy atom. The summed E-state index contributed by atoms with van der Waals surface area (Å²) in [5.74, 6) is 1.33. The van der Waals surface area contributed by atoms with Crippen LogP contribution in [-0.4, -0.2) is 36.0 Å². The molecule has 0 atom stereocenters. The average Bonchev–Trinajstić information content (AvgIpc) is 3.00. The summed E-state index contributed by atoms with van der Waals surface area (Å²) in [7, 11) is 0. The van der Waals surface area contributed by atoms with Gasteiger partial charge in [-0.1, -0.05) is 18.9 Å². The molecule has 0 unspecified atom stereocenters. The highest BCUT2D eigenvalue weighted by Gasteiger charge is 2.15. The van der Waals surface area contributed by atoms with Gasteiger partial charge in [0.05, 0.1) is 6.54 Å². The zero-order valence-electron chi connectivity index (χ0n) is 14.5. The normalized spacial score (nSPS) is 14.8.